The molecule has 1 aromatic rings. The van der Waals surface area contributed by atoms with Crippen LogP contribution in [-0.2, 0) is 9.59 Å². The molecule has 1 saturated heterocycles. The van der Waals surface area contributed by atoms with Crippen LogP contribution in [0.25, 0.3) is 6.08 Å². The van der Waals surface area contributed by atoms with E-state index < -0.39 is 5.97 Å². The minimum absolute atomic E-state index is 0.0512. The third-order valence-electron chi connectivity index (χ3n) is 3.07. The highest BCUT2D eigenvalue weighted by atomic mass is 32.2. The van der Waals surface area contributed by atoms with Gasteiger partial charge in [0.1, 0.15) is 0 Å². The molecular formula is C15H17NO3S. The van der Waals surface area contributed by atoms with Crippen LogP contribution in [0.5, 0.6) is 0 Å². The van der Waals surface area contributed by atoms with E-state index in [1.807, 2.05) is 0 Å². The molecule has 2 rings (SSSR count). The van der Waals surface area contributed by atoms with Crippen LogP contribution in [0.1, 0.15) is 24.8 Å². The van der Waals surface area contributed by atoms with Gasteiger partial charge in [0.15, 0.2) is 0 Å². The first kappa shape index (κ1) is 14.7. The smallest absolute Gasteiger partial charge is 0.328 e. The van der Waals surface area contributed by atoms with E-state index in [1.165, 1.54) is 12.5 Å². The fourth-order valence-electron chi connectivity index (χ4n) is 2.02. The summed E-state index contributed by atoms with van der Waals surface area (Å²) < 4.78 is 0. The monoisotopic (exact) mass is 291 g/mol. The van der Waals surface area contributed by atoms with Crippen LogP contribution < -0.4 is 5.32 Å². The quantitative estimate of drug-likeness (QED) is 0.837. The lowest BCUT2D eigenvalue weighted by Gasteiger charge is -2.20. The Morgan fingerprint density at radius 2 is 2.00 bits per heavy atom. The van der Waals surface area contributed by atoms with Gasteiger partial charge >= 0.3 is 5.97 Å². The maximum atomic E-state index is 12.0. The zero-order valence-electron chi connectivity index (χ0n) is 11.0. The number of rotatable bonds is 4. The van der Waals surface area contributed by atoms with Gasteiger partial charge in [-0.2, -0.15) is 0 Å². The Balaban J connectivity index is 1.92. The predicted molar refractivity (Wildman–Crippen MR) is 81.8 cm³/mol. The zero-order valence-corrected chi connectivity index (χ0v) is 11.9. The lowest BCUT2D eigenvalue weighted by Crippen LogP contribution is -2.27. The lowest BCUT2D eigenvalue weighted by molar-refractivity contribution is -0.131. The highest BCUT2D eigenvalue weighted by Gasteiger charge is 2.21. The Labute approximate surface area is 122 Å². The molecule has 1 fully saturated rings. The Hall–Kier alpha value is -1.75. The predicted octanol–water partition coefficient (Wildman–Crippen LogP) is 3.01. The van der Waals surface area contributed by atoms with Gasteiger partial charge in [-0.15, -0.1) is 11.8 Å². The molecule has 1 amide bonds. The number of anilines is 1. The third kappa shape index (κ3) is 4.42. The van der Waals surface area contributed by atoms with E-state index in [4.69, 9.17) is 5.11 Å². The number of carboxylic acids is 1. The van der Waals surface area contributed by atoms with Crippen molar-refractivity contribution in [2.45, 2.75) is 24.5 Å². The lowest BCUT2D eigenvalue weighted by atomic mass is 10.1. The number of nitrogens with one attached hydrogen (secondary N) is 1. The summed E-state index contributed by atoms with van der Waals surface area (Å²) in [4.78, 5) is 22.5. The summed E-state index contributed by atoms with van der Waals surface area (Å²) in [5.41, 5.74) is 1.53. The second-order valence-electron chi connectivity index (χ2n) is 4.64. The highest BCUT2D eigenvalue weighted by molar-refractivity contribution is 8.00. The van der Waals surface area contributed by atoms with E-state index in [9.17, 15) is 9.59 Å². The summed E-state index contributed by atoms with van der Waals surface area (Å²) in [5.74, 6) is 0.136. The molecule has 1 aliphatic rings. The van der Waals surface area contributed by atoms with Gasteiger partial charge in [0, 0.05) is 11.8 Å². The average molecular weight is 291 g/mol. The van der Waals surface area contributed by atoms with Gasteiger partial charge < -0.3 is 10.4 Å². The molecule has 1 heterocycles. The van der Waals surface area contributed by atoms with Gasteiger partial charge in [0.05, 0.1) is 5.25 Å². The van der Waals surface area contributed by atoms with Crippen LogP contribution in [0, 0.1) is 0 Å². The number of hydrogen-bond donors (Lipinski definition) is 2. The number of hydrogen-bond acceptors (Lipinski definition) is 3. The van der Waals surface area contributed by atoms with Gasteiger partial charge in [0.2, 0.25) is 5.91 Å². The second kappa shape index (κ2) is 7.14. The average Bonchev–Trinajstić information content (AvgIpc) is 2.47. The summed E-state index contributed by atoms with van der Waals surface area (Å²) in [6.45, 7) is 0. The number of carbonyl (C=O) groups is 2. The van der Waals surface area contributed by atoms with Gasteiger partial charge in [-0.25, -0.2) is 4.79 Å². The van der Waals surface area contributed by atoms with E-state index in [1.54, 1.807) is 36.0 Å². The summed E-state index contributed by atoms with van der Waals surface area (Å²) in [6.07, 6.45) is 5.86. The summed E-state index contributed by atoms with van der Waals surface area (Å²) in [6, 6.07) is 7.13. The fraction of sp³-hybridized carbons (Fsp3) is 0.333. The third-order valence-corrected chi connectivity index (χ3v) is 4.45. The number of carbonyl (C=O) groups excluding carboxylic acids is 1. The molecule has 5 heteroatoms. The molecule has 1 unspecified atom stereocenters. The molecule has 1 atom stereocenters. The van der Waals surface area contributed by atoms with Crippen molar-refractivity contribution in [3.63, 3.8) is 0 Å². The molecule has 2 N–H and O–H groups in total. The second-order valence-corrected chi connectivity index (χ2v) is 5.95. The van der Waals surface area contributed by atoms with Crippen molar-refractivity contribution in [1.29, 1.82) is 0 Å². The SMILES string of the molecule is O=C(O)/C=C/c1ccc(NC(=O)C2CCCCS2)cc1. The van der Waals surface area contributed by atoms with E-state index in [-0.39, 0.29) is 11.2 Å². The Kier molecular flexibility index (Phi) is 5.24. The van der Waals surface area contributed by atoms with Crippen LogP contribution in [0.15, 0.2) is 30.3 Å². The molecular weight excluding hydrogens is 274 g/mol. The largest absolute Gasteiger partial charge is 0.478 e. The molecule has 0 radical (unpaired) electrons. The summed E-state index contributed by atoms with van der Waals surface area (Å²) >= 11 is 1.72. The molecule has 1 aliphatic heterocycles. The molecule has 0 saturated carbocycles. The van der Waals surface area contributed by atoms with Crippen LogP contribution in [0.3, 0.4) is 0 Å². The van der Waals surface area contributed by atoms with Gasteiger partial charge in [0.25, 0.3) is 0 Å². The Bertz CT molecular complexity index is 504. The summed E-state index contributed by atoms with van der Waals surface area (Å²) in [7, 11) is 0. The first-order chi connectivity index (χ1) is 9.65. The van der Waals surface area contributed by atoms with E-state index in [0.29, 0.717) is 0 Å². The van der Waals surface area contributed by atoms with Crippen LogP contribution >= 0.6 is 11.8 Å². The van der Waals surface area contributed by atoms with Crippen molar-refractivity contribution in [3.8, 4) is 0 Å². The number of amides is 1. The Morgan fingerprint density at radius 3 is 2.60 bits per heavy atom. The molecule has 4 nitrogen and oxygen atoms in total. The van der Waals surface area contributed by atoms with Crippen molar-refractivity contribution in [3.05, 3.63) is 35.9 Å². The zero-order chi connectivity index (χ0) is 14.4. The van der Waals surface area contributed by atoms with Crippen molar-refractivity contribution in [1.82, 2.24) is 0 Å². The first-order valence-electron chi connectivity index (χ1n) is 6.59. The molecule has 0 aliphatic carbocycles. The molecule has 106 valence electrons. The first-order valence-corrected chi connectivity index (χ1v) is 7.63. The van der Waals surface area contributed by atoms with Crippen LogP contribution in [-0.4, -0.2) is 28.0 Å². The van der Waals surface area contributed by atoms with Crippen LogP contribution in [0.2, 0.25) is 0 Å². The minimum Gasteiger partial charge on any atom is -0.478 e. The van der Waals surface area contributed by atoms with Crippen molar-refractivity contribution in [2.75, 3.05) is 11.1 Å². The minimum atomic E-state index is -0.975. The van der Waals surface area contributed by atoms with E-state index in [2.05, 4.69) is 5.32 Å². The van der Waals surface area contributed by atoms with E-state index in [0.717, 1.165) is 35.9 Å². The number of benzene rings is 1. The molecule has 1 aromatic carbocycles. The standard InChI is InChI=1S/C15H17NO3S/c17-14(18)9-6-11-4-7-12(8-5-11)16-15(19)13-3-1-2-10-20-13/h4-9,13H,1-3,10H2,(H,16,19)(H,17,18)/b9-6+. The maximum Gasteiger partial charge on any atom is 0.328 e. The normalized spacial score (nSPS) is 18.9. The summed E-state index contributed by atoms with van der Waals surface area (Å²) in [5, 5.41) is 11.5. The topological polar surface area (TPSA) is 66.4 Å². The molecule has 0 bridgehead atoms. The van der Waals surface area contributed by atoms with Gasteiger partial charge in [-0.05, 0) is 42.4 Å². The van der Waals surface area contributed by atoms with Crippen molar-refractivity contribution in [2.24, 2.45) is 0 Å². The number of aliphatic carboxylic acids is 1. The van der Waals surface area contributed by atoms with E-state index >= 15 is 0 Å². The molecule has 20 heavy (non-hydrogen) atoms. The molecule has 0 spiro atoms. The van der Waals surface area contributed by atoms with Crippen molar-refractivity contribution >= 4 is 35.4 Å². The van der Waals surface area contributed by atoms with Crippen molar-refractivity contribution < 1.29 is 14.7 Å². The number of thioether (sulfide) groups is 1. The fourth-order valence-corrected chi connectivity index (χ4v) is 3.21. The number of carboxylic acid groups (broad SMARTS) is 1. The van der Waals surface area contributed by atoms with Crippen LogP contribution in [0.4, 0.5) is 5.69 Å². The molecule has 0 aromatic heterocycles. The highest BCUT2D eigenvalue weighted by Crippen LogP contribution is 2.26. The van der Waals surface area contributed by atoms with Gasteiger partial charge in [-0.1, -0.05) is 18.6 Å². The maximum absolute atomic E-state index is 12.0. The Morgan fingerprint density at radius 1 is 1.25 bits per heavy atom. The van der Waals surface area contributed by atoms with Gasteiger partial charge in [-0.3, -0.25) is 4.79 Å².